The van der Waals surface area contributed by atoms with Crippen molar-refractivity contribution in [2.45, 2.75) is 32.1 Å². The summed E-state index contributed by atoms with van der Waals surface area (Å²) in [4.78, 5) is 13.6. The lowest BCUT2D eigenvalue weighted by atomic mass is 10.2. The van der Waals surface area contributed by atoms with Crippen molar-refractivity contribution in [1.82, 2.24) is 4.90 Å². The molecule has 0 aromatic heterocycles. The Balaban J connectivity index is 1.84. The van der Waals surface area contributed by atoms with Crippen molar-refractivity contribution in [1.29, 1.82) is 5.26 Å². The largest absolute Gasteiger partial charge is 0.380 e. The highest BCUT2D eigenvalue weighted by Gasteiger charge is 2.16. The van der Waals surface area contributed by atoms with Gasteiger partial charge in [-0.25, -0.2) is 8.78 Å². The summed E-state index contributed by atoms with van der Waals surface area (Å²) in [5.41, 5.74) is -0.267. The van der Waals surface area contributed by atoms with Crippen LogP contribution in [0.25, 0.3) is 0 Å². The second-order valence-corrected chi connectivity index (χ2v) is 5.40. The molecular weight excluding hydrogens is 288 g/mol. The molecule has 22 heavy (non-hydrogen) atoms. The Hall–Kier alpha value is -2.16. The highest BCUT2D eigenvalue weighted by molar-refractivity contribution is 5.76. The number of hydrogen-bond acceptors (Lipinski definition) is 3. The molecule has 1 N–H and O–H groups in total. The summed E-state index contributed by atoms with van der Waals surface area (Å²) in [7, 11) is 0. The van der Waals surface area contributed by atoms with Crippen LogP contribution < -0.4 is 5.32 Å². The van der Waals surface area contributed by atoms with E-state index in [2.05, 4.69) is 5.32 Å². The van der Waals surface area contributed by atoms with Crippen LogP contribution in [0.1, 0.15) is 37.7 Å². The molecule has 6 heteroatoms. The molecule has 0 spiro atoms. The third-order valence-corrected chi connectivity index (χ3v) is 3.75. The lowest BCUT2D eigenvalue weighted by Crippen LogP contribution is -2.32. The molecule has 1 fully saturated rings. The Labute approximate surface area is 128 Å². The highest BCUT2D eigenvalue weighted by atomic mass is 19.1. The van der Waals surface area contributed by atoms with Crippen LogP contribution in [-0.2, 0) is 4.79 Å². The van der Waals surface area contributed by atoms with Crippen molar-refractivity contribution in [3.05, 3.63) is 29.3 Å². The molecule has 118 valence electrons. The van der Waals surface area contributed by atoms with E-state index in [-0.39, 0.29) is 17.2 Å². The molecule has 1 aromatic carbocycles. The minimum atomic E-state index is -0.776. The SMILES string of the molecule is N#Cc1cc(F)c(NCCCN2CCCCCC2=O)c(F)c1. The monoisotopic (exact) mass is 307 g/mol. The van der Waals surface area contributed by atoms with Gasteiger partial charge in [0.15, 0.2) is 11.6 Å². The van der Waals surface area contributed by atoms with E-state index < -0.39 is 11.6 Å². The first-order chi connectivity index (χ1) is 10.6. The van der Waals surface area contributed by atoms with E-state index >= 15 is 0 Å². The Morgan fingerprint density at radius 2 is 1.95 bits per heavy atom. The zero-order valence-corrected chi connectivity index (χ0v) is 12.4. The standard InChI is InChI=1S/C16H19F2N3O/c17-13-9-12(11-19)10-14(18)16(13)20-6-4-8-21-7-3-1-2-5-15(21)22/h9-10,20H,1-8H2. The van der Waals surface area contributed by atoms with Gasteiger partial charge in [-0.3, -0.25) is 4.79 Å². The highest BCUT2D eigenvalue weighted by Crippen LogP contribution is 2.20. The van der Waals surface area contributed by atoms with Gasteiger partial charge in [0.2, 0.25) is 5.91 Å². The first kappa shape index (κ1) is 16.2. The molecule has 1 amide bonds. The zero-order valence-electron chi connectivity index (χ0n) is 12.4. The van der Waals surface area contributed by atoms with Gasteiger partial charge in [0.1, 0.15) is 5.69 Å². The van der Waals surface area contributed by atoms with Crippen LogP contribution in [0.15, 0.2) is 12.1 Å². The van der Waals surface area contributed by atoms with E-state index in [1.54, 1.807) is 6.07 Å². The van der Waals surface area contributed by atoms with Gasteiger partial charge in [0.05, 0.1) is 11.6 Å². The zero-order chi connectivity index (χ0) is 15.9. The number of hydrogen-bond donors (Lipinski definition) is 1. The average molecular weight is 307 g/mol. The maximum atomic E-state index is 13.7. The molecule has 0 unspecified atom stereocenters. The van der Waals surface area contributed by atoms with E-state index in [0.717, 1.165) is 37.9 Å². The second-order valence-electron chi connectivity index (χ2n) is 5.40. The van der Waals surface area contributed by atoms with E-state index in [1.165, 1.54) is 0 Å². The van der Waals surface area contributed by atoms with E-state index in [0.29, 0.717) is 25.9 Å². The molecule has 1 aliphatic rings. The number of halogens is 2. The average Bonchev–Trinajstić information content (AvgIpc) is 2.70. The third-order valence-electron chi connectivity index (χ3n) is 3.75. The van der Waals surface area contributed by atoms with Gasteiger partial charge < -0.3 is 10.2 Å². The molecule has 1 saturated heterocycles. The third kappa shape index (κ3) is 4.17. The number of amides is 1. The van der Waals surface area contributed by atoms with E-state index in [9.17, 15) is 13.6 Å². The van der Waals surface area contributed by atoms with Gasteiger partial charge in [0, 0.05) is 26.1 Å². The molecule has 0 bridgehead atoms. The Morgan fingerprint density at radius 3 is 2.64 bits per heavy atom. The van der Waals surface area contributed by atoms with Gasteiger partial charge in [-0.1, -0.05) is 6.42 Å². The fraction of sp³-hybridized carbons (Fsp3) is 0.500. The van der Waals surface area contributed by atoms with Crippen molar-refractivity contribution in [3.63, 3.8) is 0 Å². The summed E-state index contributed by atoms with van der Waals surface area (Å²) in [6.07, 6.45) is 4.23. The lowest BCUT2D eigenvalue weighted by Gasteiger charge is -2.20. The first-order valence-corrected chi connectivity index (χ1v) is 7.52. The predicted octanol–water partition coefficient (Wildman–Crippen LogP) is 3.04. The molecule has 0 atom stereocenters. The van der Waals surface area contributed by atoms with E-state index in [4.69, 9.17) is 5.26 Å². The van der Waals surface area contributed by atoms with Crippen LogP contribution in [0, 0.1) is 23.0 Å². The molecule has 1 aromatic rings. The van der Waals surface area contributed by atoms with Crippen LogP contribution in [0.2, 0.25) is 0 Å². The molecule has 0 saturated carbocycles. The maximum Gasteiger partial charge on any atom is 0.222 e. The van der Waals surface area contributed by atoms with Crippen LogP contribution in [0.3, 0.4) is 0 Å². The Bertz CT molecular complexity index is 560. The van der Waals surface area contributed by atoms with Gasteiger partial charge >= 0.3 is 0 Å². The van der Waals surface area contributed by atoms with Gasteiger partial charge in [-0.05, 0) is 31.4 Å². The number of carbonyl (C=O) groups is 1. The number of carbonyl (C=O) groups excluding carboxylic acids is 1. The smallest absolute Gasteiger partial charge is 0.222 e. The molecule has 2 rings (SSSR count). The van der Waals surface area contributed by atoms with Crippen molar-refractivity contribution < 1.29 is 13.6 Å². The number of nitriles is 1. The van der Waals surface area contributed by atoms with E-state index in [1.807, 2.05) is 4.90 Å². The number of benzene rings is 1. The molecule has 1 aliphatic heterocycles. The number of anilines is 1. The summed E-state index contributed by atoms with van der Waals surface area (Å²) in [5, 5.41) is 11.3. The quantitative estimate of drug-likeness (QED) is 0.851. The maximum absolute atomic E-state index is 13.7. The summed E-state index contributed by atoms with van der Waals surface area (Å²) < 4.78 is 27.4. The summed E-state index contributed by atoms with van der Waals surface area (Å²) >= 11 is 0. The van der Waals surface area contributed by atoms with Crippen molar-refractivity contribution in [2.75, 3.05) is 25.0 Å². The number of nitrogens with zero attached hydrogens (tertiary/aromatic N) is 2. The van der Waals surface area contributed by atoms with Crippen LogP contribution in [0.4, 0.5) is 14.5 Å². The van der Waals surface area contributed by atoms with Gasteiger partial charge in [-0.2, -0.15) is 5.26 Å². The fourth-order valence-corrected chi connectivity index (χ4v) is 2.56. The molecular formula is C16H19F2N3O. The summed E-state index contributed by atoms with van der Waals surface area (Å²) in [5.74, 6) is -1.39. The lowest BCUT2D eigenvalue weighted by molar-refractivity contribution is -0.130. The molecule has 0 aliphatic carbocycles. The summed E-state index contributed by atoms with van der Waals surface area (Å²) in [6, 6.07) is 3.71. The molecule has 0 radical (unpaired) electrons. The first-order valence-electron chi connectivity index (χ1n) is 7.52. The Kier molecular flexibility index (Phi) is 5.70. The van der Waals surface area contributed by atoms with Crippen molar-refractivity contribution in [2.24, 2.45) is 0 Å². The van der Waals surface area contributed by atoms with Crippen LogP contribution in [0.5, 0.6) is 0 Å². The molecule has 1 heterocycles. The number of nitrogens with one attached hydrogen (secondary N) is 1. The topological polar surface area (TPSA) is 56.1 Å². The predicted molar refractivity (Wildman–Crippen MR) is 79.2 cm³/mol. The number of rotatable bonds is 5. The van der Waals surface area contributed by atoms with Gasteiger partial charge in [0.25, 0.3) is 0 Å². The van der Waals surface area contributed by atoms with Gasteiger partial charge in [-0.15, -0.1) is 0 Å². The fourth-order valence-electron chi connectivity index (χ4n) is 2.56. The number of likely N-dealkylation sites (tertiary alicyclic amines) is 1. The normalized spacial score (nSPS) is 15.3. The minimum Gasteiger partial charge on any atom is -0.380 e. The van der Waals surface area contributed by atoms with Crippen molar-refractivity contribution >= 4 is 11.6 Å². The minimum absolute atomic E-state index is 0.0456. The Morgan fingerprint density at radius 1 is 1.23 bits per heavy atom. The second kappa shape index (κ2) is 7.74. The summed E-state index contributed by atoms with van der Waals surface area (Å²) in [6.45, 7) is 1.72. The molecule has 4 nitrogen and oxygen atoms in total. The van der Waals surface area contributed by atoms with Crippen molar-refractivity contribution in [3.8, 4) is 6.07 Å². The van der Waals surface area contributed by atoms with Crippen LogP contribution >= 0.6 is 0 Å². The van der Waals surface area contributed by atoms with Crippen LogP contribution in [-0.4, -0.2) is 30.4 Å².